The molecule has 0 bridgehead atoms. The Morgan fingerprint density at radius 3 is 2.50 bits per heavy atom. The van der Waals surface area contributed by atoms with Gasteiger partial charge in [-0.2, -0.15) is 0 Å². The molecule has 0 saturated carbocycles. The molecule has 2 unspecified atom stereocenters. The third kappa shape index (κ3) is 3.26. The average Bonchev–Trinajstić information content (AvgIpc) is 3.24. The molecule has 1 aliphatic carbocycles. The van der Waals surface area contributed by atoms with Gasteiger partial charge in [0.2, 0.25) is 0 Å². The number of nitrogens with zero attached hydrogens (tertiary/aromatic N) is 1. The van der Waals surface area contributed by atoms with Crippen LogP contribution < -0.4 is 4.74 Å². The van der Waals surface area contributed by atoms with E-state index in [9.17, 15) is 8.42 Å². The van der Waals surface area contributed by atoms with E-state index in [2.05, 4.69) is 29.2 Å². The van der Waals surface area contributed by atoms with Crippen molar-refractivity contribution in [2.75, 3.05) is 19.3 Å². The van der Waals surface area contributed by atoms with Gasteiger partial charge in [-0.3, -0.25) is 4.90 Å². The molecule has 0 radical (unpaired) electrons. The van der Waals surface area contributed by atoms with Crippen LogP contribution in [0.25, 0.3) is 0 Å². The molecule has 1 fully saturated rings. The van der Waals surface area contributed by atoms with Gasteiger partial charge in [0.1, 0.15) is 11.9 Å². The molecule has 1 heterocycles. The van der Waals surface area contributed by atoms with Crippen LogP contribution in [0.15, 0.2) is 47.4 Å². The Morgan fingerprint density at radius 2 is 1.81 bits per heavy atom. The van der Waals surface area contributed by atoms with Gasteiger partial charge >= 0.3 is 0 Å². The van der Waals surface area contributed by atoms with E-state index in [1.54, 1.807) is 18.2 Å². The molecule has 2 aromatic carbocycles. The molecule has 26 heavy (non-hydrogen) atoms. The van der Waals surface area contributed by atoms with Gasteiger partial charge < -0.3 is 4.74 Å². The fourth-order valence-electron chi connectivity index (χ4n) is 4.19. The van der Waals surface area contributed by atoms with Gasteiger partial charge in [-0.1, -0.05) is 24.3 Å². The van der Waals surface area contributed by atoms with Crippen molar-refractivity contribution in [3.8, 4) is 5.75 Å². The molecule has 0 aromatic heterocycles. The number of sulfone groups is 1. The van der Waals surface area contributed by atoms with Gasteiger partial charge in [0.25, 0.3) is 0 Å². The Kier molecular flexibility index (Phi) is 4.53. The van der Waals surface area contributed by atoms with E-state index >= 15 is 0 Å². The molecular formula is C21H25NO3S. The number of ether oxygens (including phenoxy) is 1. The first kappa shape index (κ1) is 17.6. The lowest BCUT2D eigenvalue weighted by atomic mass is 10.1. The summed E-state index contributed by atoms with van der Waals surface area (Å²) in [6.45, 7) is 4.17. The fourth-order valence-corrected chi connectivity index (χ4v) is 4.90. The Morgan fingerprint density at radius 1 is 1.08 bits per heavy atom. The topological polar surface area (TPSA) is 46.6 Å². The molecular weight excluding hydrogens is 346 g/mol. The molecule has 1 saturated heterocycles. The van der Waals surface area contributed by atoms with Crippen molar-refractivity contribution in [3.63, 3.8) is 0 Å². The second-order valence-electron chi connectivity index (χ2n) is 7.45. The summed E-state index contributed by atoms with van der Waals surface area (Å²) in [5.74, 6) is 0.767. The van der Waals surface area contributed by atoms with E-state index in [4.69, 9.17) is 4.74 Å². The molecule has 0 amide bonds. The lowest BCUT2D eigenvalue weighted by Crippen LogP contribution is -2.38. The average molecular weight is 372 g/mol. The van der Waals surface area contributed by atoms with Crippen molar-refractivity contribution in [3.05, 3.63) is 59.2 Å². The molecule has 2 aliphatic rings. The van der Waals surface area contributed by atoms with Gasteiger partial charge in [0.05, 0.1) is 10.9 Å². The Hall–Kier alpha value is -1.85. The number of fused-ring (bicyclic) bond motifs is 1. The van der Waals surface area contributed by atoms with E-state index in [1.807, 2.05) is 6.92 Å². The highest BCUT2D eigenvalue weighted by Crippen LogP contribution is 2.40. The molecule has 5 heteroatoms. The predicted octanol–water partition coefficient (Wildman–Crippen LogP) is 3.54. The second kappa shape index (κ2) is 6.71. The van der Waals surface area contributed by atoms with Gasteiger partial charge in [-0.25, -0.2) is 8.42 Å². The first-order chi connectivity index (χ1) is 12.4. The molecule has 0 spiro atoms. The molecule has 4 nitrogen and oxygen atoms in total. The number of rotatable bonds is 4. The van der Waals surface area contributed by atoms with Crippen molar-refractivity contribution in [2.24, 2.45) is 0 Å². The second-order valence-corrected chi connectivity index (χ2v) is 9.47. The summed E-state index contributed by atoms with van der Waals surface area (Å²) in [5.41, 5.74) is 3.48. The summed E-state index contributed by atoms with van der Waals surface area (Å²) in [5, 5.41) is 0. The third-order valence-electron chi connectivity index (χ3n) is 5.58. The SMILES string of the molecule is Cc1cc(S(C)(=O)=O)ccc1OC1c2ccccc2CC1N1CCCC1. The zero-order valence-electron chi connectivity index (χ0n) is 15.3. The van der Waals surface area contributed by atoms with Crippen molar-refractivity contribution in [2.45, 2.75) is 43.2 Å². The quantitative estimate of drug-likeness (QED) is 0.825. The van der Waals surface area contributed by atoms with Crippen molar-refractivity contribution in [1.82, 2.24) is 4.90 Å². The Labute approximate surface area is 155 Å². The molecule has 4 rings (SSSR count). The predicted molar refractivity (Wildman–Crippen MR) is 102 cm³/mol. The van der Waals surface area contributed by atoms with Crippen LogP contribution >= 0.6 is 0 Å². The van der Waals surface area contributed by atoms with Gasteiger partial charge in [-0.15, -0.1) is 0 Å². The minimum atomic E-state index is -3.21. The van der Waals surface area contributed by atoms with Crippen molar-refractivity contribution >= 4 is 9.84 Å². The van der Waals surface area contributed by atoms with Crippen LogP contribution in [0.1, 0.15) is 35.6 Å². The summed E-state index contributed by atoms with van der Waals surface area (Å²) >= 11 is 0. The molecule has 2 aromatic rings. The van der Waals surface area contributed by atoms with Crippen molar-refractivity contribution < 1.29 is 13.2 Å². The zero-order chi connectivity index (χ0) is 18.3. The van der Waals surface area contributed by atoms with Gasteiger partial charge in [-0.05, 0) is 74.2 Å². The highest BCUT2D eigenvalue weighted by Gasteiger charge is 2.38. The Balaban J connectivity index is 1.66. The molecule has 138 valence electrons. The number of hydrogen-bond donors (Lipinski definition) is 0. The highest BCUT2D eigenvalue weighted by molar-refractivity contribution is 7.90. The standard InChI is InChI=1S/C21H25NO3S/c1-15-13-17(26(2,23)24)9-10-20(15)25-21-18-8-4-3-7-16(18)14-19(21)22-11-5-6-12-22/h3-4,7-10,13,19,21H,5-6,11-12,14H2,1-2H3. The third-order valence-corrected chi connectivity index (χ3v) is 6.69. The summed E-state index contributed by atoms with van der Waals surface area (Å²) < 4.78 is 30.1. The lowest BCUT2D eigenvalue weighted by molar-refractivity contribution is 0.0935. The molecule has 0 N–H and O–H groups in total. The minimum Gasteiger partial charge on any atom is -0.484 e. The smallest absolute Gasteiger partial charge is 0.175 e. The first-order valence-electron chi connectivity index (χ1n) is 9.23. The van der Waals surface area contributed by atoms with E-state index < -0.39 is 9.84 Å². The Bertz CT molecular complexity index is 917. The van der Waals surface area contributed by atoms with Gasteiger partial charge in [0.15, 0.2) is 9.84 Å². The van der Waals surface area contributed by atoms with E-state index in [1.165, 1.54) is 30.2 Å². The monoisotopic (exact) mass is 371 g/mol. The first-order valence-corrected chi connectivity index (χ1v) is 11.1. The van der Waals surface area contributed by atoms with Crippen LogP contribution in [-0.2, 0) is 16.3 Å². The van der Waals surface area contributed by atoms with E-state index in [-0.39, 0.29) is 6.10 Å². The van der Waals surface area contributed by atoms with Gasteiger partial charge in [0, 0.05) is 6.26 Å². The lowest BCUT2D eigenvalue weighted by Gasteiger charge is -2.30. The maximum Gasteiger partial charge on any atom is 0.175 e. The van der Waals surface area contributed by atoms with Crippen LogP contribution in [-0.4, -0.2) is 38.7 Å². The summed E-state index contributed by atoms with van der Waals surface area (Å²) in [6, 6.07) is 14.0. The minimum absolute atomic E-state index is 0.00733. The molecule has 1 aliphatic heterocycles. The van der Waals surface area contributed by atoms with E-state index in [0.29, 0.717) is 10.9 Å². The number of hydrogen-bond acceptors (Lipinski definition) is 4. The molecule has 2 atom stereocenters. The normalized spacial score (nSPS) is 23.2. The number of aryl methyl sites for hydroxylation is 1. The fraction of sp³-hybridized carbons (Fsp3) is 0.429. The highest BCUT2D eigenvalue weighted by atomic mass is 32.2. The maximum absolute atomic E-state index is 11.8. The van der Waals surface area contributed by atoms with Crippen LogP contribution in [0.2, 0.25) is 0 Å². The van der Waals surface area contributed by atoms with Crippen LogP contribution in [0.3, 0.4) is 0 Å². The van der Waals surface area contributed by atoms with Crippen LogP contribution in [0, 0.1) is 6.92 Å². The summed E-state index contributed by atoms with van der Waals surface area (Å²) in [6.07, 6.45) is 4.75. The summed E-state index contributed by atoms with van der Waals surface area (Å²) in [4.78, 5) is 2.88. The number of likely N-dealkylation sites (tertiary alicyclic amines) is 1. The maximum atomic E-state index is 11.8. The summed E-state index contributed by atoms with van der Waals surface area (Å²) in [7, 11) is -3.21. The van der Waals surface area contributed by atoms with Crippen LogP contribution in [0.4, 0.5) is 0 Å². The largest absolute Gasteiger partial charge is 0.484 e. The van der Waals surface area contributed by atoms with Crippen LogP contribution in [0.5, 0.6) is 5.75 Å². The zero-order valence-corrected chi connectivity index (χ0v) is 16.1. The number of benzene rings is 2. The van der Waals surface area contributed by atoms with Crippen molar-refractivity contribution in [1.29, 1.82) is 0 Å². The van der Waals surface area contributed by atoms with E-state index in [0.717, 1.165) is 30.8 Å².